The van der Waals surface area contributed by atoms with Crippen LogP contribution in [0.1, 0.15) is 24.2 Å². The monoisotopic (exact) mass is 271 g/mol. The summed E-state index contributed by atoms with van der Waals surface area (Å²) in [7, 11) is -3.03. The van der Waals surface area contributed by atoms with Crippen LogP contribution in [0, 0.1) is 13.8 Å². The van der Waals surface area contributed by atoms with E-state index in [1.807, 2.05) is 0 Å². The number of hydrogen-bond acceptors (Lipinski definition) is 3. The molecule has 102 valence electrons. The summed E-state index contributed by atoms with van der Waals surface area (Å²) in [4.78, 5) is 0. The van der Waals surface area contributed by atoms with Gasteiger partial charge in [0.25, 0.3) is 0 Å². The van der Waals surface area contributed by atoms with Crippen LogP contribution in [0.3, 0.4) is 0 Å². The summed E-state index contributed by atoms with van der Waals surface area (Å²) in [5.74, 6) is 0. The van der Waals surface area contributed by atoms with Crippen LogP contribution in [0.5, 0.6) is 0 Å². The molecule has 0 amide bonds. The van der Waals surface area contributed by atoms with E-state index in [2.05, 4.69) is 36.1 Å². The molecule has 1 aromatic heterocycles. The molecule has 0 aromatic carbocycles. The van der Waals surface area contributed by atoms with Gasteiger partial charge in [0.1, 0.15) is 0 Å². The first-order valence-corrected chi connectivity index (χ1v) is 8.09. The minimum Gasteiger partial charge on any atom is -0.323 e. The minimum absolute atomic E-state index is 0.341. The zero-order valence-corrected chi connectivity index (χ0v) is 12.0. The fourth-order valence-electron chi connectivity index (χ4n) is 2.37. The molecule has 18 heavy (non-hydrogen) atoms. The van der Waals surface area contributed by atoms with Crippen molar-refractivity contribution in [3.8, 4) is 0 Å². The van der Waals surface area contributed by atoms with Crippen LogP contribution in [0.2, 0.25) is 0 Å². The second kappa shape index (κ2) is 4.93. The predicted octanol–water partition coefficient (Wildman–Crippen LogP) is 1.07. The van der Waals surface area contributed by atoms with Crippen LogP contribution in [0.25, 0.3) is 0 Å². The third-order valence-corrected chi connectivity index (χ3v) is 4.81. The molecule has 0 aliphatic carbocycles. The van der Waals surface area contributed by atoms with E-state index in [9.17, 15) is 8.42 Å². The summed E-state index contributed by atoms with van der Waals surface area (Å²) in [6.07, 6.45) is 2.98. The van der Waals surface area contributed by atoms with E-state index in [0.717, 1.165) is 12.8 Å². The molecule has 1 aromatic rings. The molecule has 1 N–H and O–H groups in total. The zero-order valence-electron chi connectivity index (χ0n) is 11.2. The molecule has 6 heteroatoms. The summed E-state index contributed by atoms with van der Waals surface area (Å²) < 4.78 is 26.5. The number of rotatable bonds is 3. The number of hydrogen-bond donors (Lipinski definition) is 1. The summed E-state index contributed by atoms with van der Waals surface area (Å²) in [6, 6.07) is 4.50. The molecule has 1 aliphatic rings. The molecule has 0 saturated carbocycles. The van der Waals surface area contributed by atoms with Crippen LogP contribution in [0.4, 0.5) is 0 Å². The first kappa shape index (κ1) is 13.4. The second-order valence-electron chi connectivity index (χ2n) is 5.02. The van der Waals surface area contributed by atoms with Crippen molar-refractivity contribution in [2.45, 2.75) is 32.7 Å². The maximum Gasteiger partial charge on any atom is 0.211 e. The smallest absolute Gasteiger partial charge is 0.211 e. The third kappa shape index (κ3) is 2.87. The van der Waals surface area contributed by atoms with Crippen molar-refractivity contribution in [3.63, 3.8) is 0 Å². The minimum atomic E-state index is -3.03. The van der Waals surface area contributed by atoms with Gasteiger partial charge in [-0.1, -0.05) is 0 Å². The van der Waals surface area contributed by atoms with Gasteiger partial charge in [0.2, 0.25) is 10.0 Å². The van der Waals surface area contributed by atoms with Gasteiger partial charge in [-0.05, 0) is 38.8 Å². The van der Waals surface area contributed by atoms with Crippen LogP contribution >= 0.6 is 0 Å². The Morgan fingerprint density at radius 2 is 1.67 bits per heavy atom. The average Bonchev–Trinajstić information content (AvgIpc) is 2.60. The maximum atomic E-state index is 11.4. The fraction of sp³-hybridized carbons (Fsp3) is 0.667. The fourth-order valence-corrected chi connectivity index (χ4v) is 3.25. The molecular weight excluding hydrogens is 250 g/mol. The topological polar surface area (TPSA) is 54.3 Å². The van der Waals surface area contributed by atoms with E-state index in [1.165, 1.54) is 17.6 Å². The van der Waals surface area contributed by atoms with Crippen molar-refractivity contribution in [2.75, 3.05) is 24.8 Å². The molecule has 0 atom stereocenters. The van der Waals surface area contributed by atoms with Gasteiger partial charge in [-0.25, -0.2) is 12.7 Å². The van der Waals surface area contributed by atoms with E-state index in [1.54, 1.807) is 4.31 Å². The molecule has 0 unspecified atom stereocenters. The van der Waals surface area contributed by atoms with Gasteiger partial charge in [0, 0.05) is 30.5 Å². The number of sulfonamides is 1. The molecule has 1 saturated heterocycles. The van der Waals surface area contributed by atoms with Gasteiger partial charge < -0.3 is 5.43 Å². The van der Waals surface area contributed by atoms with Crippen molar-refractivity contribution < 1.29 is 8.42 Å². The zero-order chi connectivity index (χ0) is 13.3. The van der Waals surface area contributed by atoms with Crippen LogP contribution in [-0.2, 0) is 10.0 Å². The Balaban J connectivity index is 1.95. The lowest BCUT2D eigenvalue weighted by Crippen LogP contribution is -2.43. The first-order valence-electron chi connectivity index (χ1n) is 6.24. The molecule has 0 spiro atoms. The summed E-state index contributed by atoms with van der Waals surface area (Å²) in [5.41, 5.74) is 5.82. The van der Waals surface area contributed by atoms with E-state index >= 15 is 0 Å². The standard InChI is InChI=1S/C12H21N3O2S/c1-10-4-5-11(2)15(10)13-12-6-8-14(9-7-12)18(3,16)17/h4-5,12-13H,6-9H2,1-3H3. The Bertz CT molecular complexity index is 494. The third-order valence-electron chi connectivity index (χ3n) is 3.51. The maximum absolute atomic E-state index is 11.4. The highest BCUT2D eigenvalue weighted by molar-refractivity contribution is 7.88. The Morgan fingerprint density at radius 1 is 1.17 bits per heavy atom. The number of aromatic nitrogens is 1. The summed E-state index contributed by atoms with van der Waals surface area (Å²) in [5, 5.41) is 0. The lowest BCUT2D eigenvalue weighted by molar-refractivity contribution is 0.322. The Kier molecular flexibility index (Phi) is 3.68. The molecular formula is C12H21N3O2S. The molecule has 1 fully saturated rings. The van der Waals surface area contributed by atoms with Crippen molar-refractivity contribution in [2.24, 2.45) is 0 Å². The first-order chi connectivity index (χ1) is 8.38. The number of nitrogens with one attached hydrogen (secondary N) is 1. The van der Waals surface area contributed by atoms with Crippen molar-refractivity contribution in [1.82, 2.24) is 8.98 Å². The number of piperidine rings is 1. The molecule has 0 radical (unpaired) electrons. The van der Waals surface area contributed by atoms with Gasteiger partial charge in [-0.15, -0.1) is 0 Å². The molecule has 5 nitrogen and oxygen atoms in total. The average molecular weight is 271 g/mol. The summed E-state index contributed by atoms with van der Waals surface area (Å²) >= 11 is 0. The molecule has 1 aliphatic heterocycles. The predicted molar refractivity (Wildman–Crippen MR) is 72.7 cm³/mol. The van der Waals surface area contributed by atoms with E-state index in [0.29, 0.717) is 19.1 Å². The van der Waals surface area contributed by atoms with Gasteiger partial charge in [0.05, 0.1) is 6.26 Å². The van der Waals surface area contributed by atoms with Crippen molar-refractivity contribution in [1.29, 1.82) is 0 Å². The quantitative estimate of drug-likeness (QED) is 0.895. The molecule has 0 bridgehead atoms. The number of nitrogens with zero attached hydrogens (tertiary/aromatic N) is 2. The van der Waals surface area contributed by atoms with E-state index < -0.39 is 10.0 Å². The molecule has 2 rings (SSSR count). The Labute approximate surface area is 109 Å². The van der Waals surface area contributed by atoms with E-state index in [4.69, 9.17) is 0 Å². The Morgan fingerprint density at radius 3 is 2.11 bits per heavy atom. The highest BCUT2D eigenvalue weighted by Crippen LogP contribution is 2.15. The largest absolute Gasteiger partial charge is 0.323 e. The highest BCUT2D eigenvalue weighted by Gasteiger charge is 2.25. The summed E-state index contributed by atoms with van der Waals surface area (Å²) in [6.45, 7) is 5.34. The van der Waals surface area contributed by atoms with Crippen LogP contribution < -0.4 is 5.43 Å². The molecule has 2 heterocycles. The van der Waals surface area contributed by atoms with Gasteiger partial charge >= 0.3 is 0 Å². The lowest BCUT2D eigenvalue weighted by Gasteiger charge is -2.32. The lowest BCUT2D eigenvalue weighted by atomic mass is 10.1. The second-order valence-corrected chi connectivity index (χ2v) is 7.00. The number of aryl methyl sites for hydroxylation is 2. The van der Waals surface area contributed by atoms with Crippen molar-refractivity contribution in [3.05, 3.63) is 23.5 Å². The van der Waals surface area contributed by atoms with Gasteiger partial charge in [-0.3, -0.25) is 4.68 Å². The van der Waals surface area contributed by atoms with Gasteiger partial charge in [0.15, 0.2) is 0 Å². The Hall–Kier alpha value is -1.01. The SMILES string of the molecule is Cc1ccc(C)n1NC1CCN(S(C)(=O)=O)CC1. The van der Waals surface area contributed by atoms with Crippen molar-refractivity contribution >= 4 is 10.0 Å². The van der Waals surface area contributed by atoms with Gasteiger partial charge in [-0.2, -0.15) is 0 Å². The van der Waals surface area contributed by atoms with Crippen LogP contribution in [-0.4, -0.2) is 42.8 Å². The van der Waals surface area contributed by atoms with E-state index in [-0.39, 0.29) is 0 Å². The normalized spacial score (nSPS) is 19.1. The highest BCUT2D eigenvalue weighted by atomic mass is 32.2. The van der Waals surface area contributed by atoms with Crippen LogP contribution in [0.15, 0.2) is 12.1 Å².